The number of halogens is 1. The Morgan fingerprint density at radius 3 is 2.64 bits per heavy atom. The highest BCUT2D eigenvalue weighted by atomic mass is 19.1. The lowest BCUT2D eigenvalue weighted by Gasteiger charge is -2.35. The van der Waals surface area contributed by atoms with Crippen LogP contribution in [0.4, 0.5) is 10.1 Å². The number of para-hydroxylation sites is 1. The van der Waals surface area contributed by atoms with E-state index >= 15 is 0 Å². The van der Waals surface area contributed by atoms with Gasteiger partial charge in [-0.3, -0.25) is 9.59 Å². The third kappa shape index (κ3) is 3.66. The molecular formula is C23H25FN2O2. The van der Waals surface area contributed by atoms with E-state index < -0.39 is 0 Å². The molecule has 0 saturated carbocycles. The van der Waals surface area contributed by atoms with Gasteiger partial charge in [0.05, 0.1) is 12.3 Å². The molecule has 2 amide bonds. The number of nitrogens with zero attached hydrogens (tertiary/aromatic N) is 2. The molecule has 0 N–H and O–H groups in total. The van der Waals surface area contributed by atoms with Crippen LogP contribution in [0.5, 0.6) is 0 Å². The summed E-state index contributed by atoms with van der Waals surface area (Å²) in [5.74, 6) is -0.352. The van der Waals surface area contributed by atoms with Crippen LogP contribution in [-0.2, 0) is 22.4 Å². The van der Waals surface area contributed by atoms with Crippen molar-refractivity contribution in [3.8, 4) is 0 Å². The molecule has 1 fully saturated rings. The Hall–Kier alpha value is -2.69. The van der Waals surface area contributed by atoms with Gasteiger partial charge in [-0.05, 0) is 55.5 Å². The van der Waals surface area contributed by atoms with Crippen molar-refractivity contribution >= 4 is 17.5 Å². The third-order valence-corrected chi connectivity index (χ3v) is 5.84. The van der Waals surface area contributed by atoms with Crippen LogP contribution in [0, 0.1) is 11.7 Å². The summed E-state index contributed by atoms with van der Waals surface area (Å²) in [5, 5.41) is 0. The zero-order valence-electron chi connectivity index (χ0n) is 16.1. The van der Waals surface area contributed by atoms with E-state index in [2.05, 4.69) is 13.0 Å². The SMILES string of the molecule is CC1Cc2ccccc2N1C(=O)C1CCCN(C(=O)Cc2ccc(F)cc2)C1. The van der Waals surface area contributed by atoms with Crippen LogP contribution >= 0.6 is 0 Å². The third-order valence-electron chi connectivity index (χ3n) is 5.84. The van der Waals surface area contributed by atoms with Crippen LogP contribution in [0.15, 0.2) is 48.5 Å². The first-order valence-electron chi connectivity index (χ1n) is 9.96. The highest BCUT2D eigenvalue weighted by Gasteiger charge is 2.37. The van der Waals surface area contributed by atoms with E-state index in [1.54, 1.807) is 17.0 Å². The maximum Gasteiger partial charge on any atom is 0.232 e. The number of carbonyl (C=O) groups excluding carboxylic acids is 2. The smallest absolute Gasteiger partial charge is 0.232 e. The molecule has 1 saturated heterocycles. The highest BCUT2D eigenvalue weighted by Crippen LogP contribution is 2.34. The minimum Gasteiger partial charge on any atom is -0.342 e. The molecule has 2 aromatic carbocycles. The van der Waals surface area contributed by atoms with Crippen molar-refractivity contribution in [1.29, 1.82) is 0 Å². The Labute approximate surface area is 164 Å². The number of carbonyl (C=O) groups is 2. The molecule has 2 heterocycles. The lowest BCUT2D eigenvalue weighted by Crippen LogP contribution is -2.48. The Morgan fingerprint density at radius 2 is 1.86 bits per heavy atom. The fourth-order valence-electron chi connectivity index (χ4n) is 4.39. The maximum absolute atomic E-state index is 13.3. The van der Waals surface area contributed by atoms with Crippen molar-refractivity contribution < 1.29 is 14.0 Å². The van der Waals surface area contributed by atoms with Gasteiger partial charge < -0.3 is 9.80 Å². The van der Waals surface area contributed by atoms with Gasteiger partial charge in [0.2, 0.25) is 11.8 Å². The number of rotatable bonds is 3. The minimum atomic E-state index is -0.306. The van der Waals surface area contributed by atoms with E-state index in [1.807, 2.05) is 23.1 Å². The quantitative estimate of drug-likeness (QED) is 0.817. The van der Waals surface area contributed by atoms with E-state index in [-0.39, 0.29) is 36.0 Å². The molecule has 0 radical (unpaired) electrons. The predicted molar refractivity (Wildman–Crippen MR) is 107 cm³/mol. The first-order valence-corrected chi connectivity index (χ1v) is 9.96. The first kappa shape index (κ1) is 18.7. The van der Waals surface area contributed by atoms with Gasteiger partial charge in [-0.25, -0.2) is 4.39 Å². The van der Waals surface area contributed by atoms with Crippen LogP contribution in [0.3, 0.4) is 0 Å². The van der Waals surface area contributed by atoms with E-state index in [9.17, 15) is 14.0 Å². The van der Waals surface area contributed by atoms with E-state index in [1.165, 1.54) is 17.7 Å². The number of hydrogen-bond acceptors (Lipinski definition) is 2. The van der Waals surface area contributed by atoms with Gasteiger partial charge in [0, 0.05) is 24.8 Å². The molecule has 146 valence electrons. The molecule has 2 aliphatic heterocycles. The van der Waals surface area contributed by atoms with Crippen LogP contribution in [-0.4, -0.2) is 35.8 Å². The maximum atomic E-state index is 13.3. The molecule has 2 atom stereocenters. The van der Waals surface area contributed by atoms with Crippen molar-refractivity contribution in [3.63, 3.8) is 0 Å². The Bertz CT molecular complexity index is 880. The number of likely N-dealkylation sites (tertiary alicyclic amines) is 1. The number of piperidine rings is 1. The zero-order valence-corrected chi connectivity index (χ0v) is 16.1. The van der Waals surface area contributed by atoms with Crippen molar-refractivity contribution in [2.45, 2.75) is 38.6 Å². The summed E-state index contributed by atoms with van der Waals surface area (Å²) in [4.78, 5) is 29.7. The normalized spacial score (nSPS) is 21.5. The van der Waals surface area contributed by atoms with Crippen LogP contribution in [0.1, 0.15) is 30.9 Å². The summed E-state index contributed by atoms with van der Waals surface area (Å²) in [6.45, 7) is 3.22. The van der Waals surface area contributed by atoms with Crippen molar-refractivity contribution in [1.82, 2.24) is 4.90 Å². The molecule has 4 nitrogen and oxygen atoms in total. The molecule has 0 spiro atoms. The topological polar surface area (TPSA) is 40.6 Å². The molecule has 2 aromatic rings. The number of hydrogen-bond donors (Lipinski definition) is 0. The van der Waals surface area contributed by atoms with Gasteiger partial charge in [0.15, 0.2) is 0 Å². The van der Waals surface area contributed by atoms with Gasteiger partial charge in [-0.1, -0.05) is 30.3 Å². The summed E-state index contributed by atoms with van der Waals surface area (Å²) in [6, 6.07) is 14.2. The Morgan fingerprint density at radius 1 is 1.11 bits per heavy atom. The van der Waals surface area contributed by atoms with Gasteiger partial charge in [-0.2, -0.15) is 0 Å². The van der Waals surface area contributed by atoms with Crippen LogP contribution < -0.4 is 4.90 Å². The largest absolute Gasteiger partial charge is 0.342 e. The number of benzene rings is 2. The van der Waals surface area contributed by atoms with Crippen molar-refractivity contribution in [3.05, 3.63) is 65.5 Å². The molecule has 2 aliphatic rings. The summed E-state index contributed by atoms with van der Waals surface area (Å²) in [5.41, 5.74) is 3.01. The second kappa shape index (κ2) is 7.74. The van der Waals surface area contributed by atoms with Crippen LogP contribution in [0.2, 0.25) is 0 Å². The fourth-order valence-corrected chi connectivity index (χ4v) is 4.39. The molecule has 0 bridgehead atoms. The van der Waals surface area contributed by atoms with E-state index in [0.717, 1.165) is 30.5 Å². The lowest BCUT2D eigenvalue weighted by atomic mass is 9.95. The monoisotopic (exact) mass is 380 g/mol. The molecule has 5 heteroatoms. The van der Waals surface area contributed by atoms with Gasteiger partial charge >= 0.3 is 0 Å². The van der Waals surface area contributed by atoms with Crippen molar-refractivity contribution in [2.75, 3.05) is 18.0 Å². The minimum absolute atomic E-state index is 0.000946. The molecular weight excluding hydrogens is 355 g/mol. The summed E-state index contributed by atoms with van der Waals surface area (Å²) < 4.78 is 13.1. The Kier molecular flexibility index (Phi) is 5.16. The highest BCUT2D eigenvalue weighted by molar-refractivity contribution is 5.98. The molecule has 28 heavy (non-hydrogen) atoms. The van der Waals surface area contributed by atoms with Crippen LogP contribution in [0.25, 0.3) is 0 Å². The molecule has 0 aliphatic carbocycles. The first-order chi connectivity index (χ1) is 13.5. The molecule has 2 unspecified atom stereocenters. The number of fused-ring (bicyclic) bond motifs is 1. The van der Waals surface area contributed by atoms with E-state index in [0.29, 0.717) is 13.1 Å². The van der Waals surface area contributed by atoms with Gasteiger partial charge in [-0.15, -0.1) is 0 Å². The second-order valence-corrected chi connectivity index (χ2v) is 7.87. The lowest BCUT2D eigenvalue weighted by molar-refractivity contribution is -0.134. The fraction of sp³-hybridized carbons (Fsp3) is 0.391. The molecule has 0 aromatic heterocycles. The Balaban J connectivity index is 1.44. The summed E-state index contributed by atoms with van der Waals surface area (Å²) in [7, 11) is 0. The standard InChI is InChI=1S/C23H25FN2O2/c1-16-13-18-5-2-3-7-21(18)26(16)23(28)19-6-4-12-25(15-19)22(27)14-17-8-10-20(24)11-9-17/h2-3,5,7-11,16,19H,4,6,12-15H2,1H3. The predicted octanol–water partition coefficient (Wildman–Crippen LogP) is 3.58. The van der Waals surface area contributed by atoms with Gasteiger partial charge in [0.1, 0.15) is 5.82 Å². The zero-order chi connectivity index (χ0) is 19.7. The summed E-state index contributed by atoms with van der Waals surface area (Å²) in [6.07, 6.45) is 2.76. The number of amides is 2. The van der Waals surface area contributed by atoms with Gasteiger partial charge in [0.25, 0.3) is 0 Å². The molecule has 4 rings (SSSR count). The number of anilines is 1. The average molecular weight is 380 g/mol. The second-order valence-electron chi connectivity index (χ2n) is 7.87. The van der Waals surface area contributed by atoms with E-state index in [4.69, 9.17) is 0 Å². The van der Waals surface area contributed by atoms with Crippen molar-refractivity contribution in [2.24, 2.45) is 5.92 Å². The summed E-state index contributed by atoms with van der Waals surface area (Å²) >= 11 is 0. The average Bonchev–Trinajstić information content (AvgIpc) is 3.05.